The van der Waals surface area contributed by atoms with Crippen LogP contribution in [0.4, 0.5) is 0 Å². The largest absolute Gasteiger partial charge is 0.493 e. The number of benzene rings is 2. The lowest BCUT2D eigenvalue weighted by Gasteiger charge is -2.16. The van der Waals surface area contributed by atoms with Crippen molar-refractivity contribution in [3.8, 4) is 11.5 Å². The highest BCUT2D eigenvalue weighted by Gasteiger charge is 2.21. The molecule has 1 aliphatic carbocycles. The quantitative estimate of drug-likeness (QED) is 0.676. The summed E-state index contributed by atoms with van der Waals surface area (Å²) in [6.45, 7) is 1.30. The monoisotopic (exact) mass is 360 g/mol. The van der Waals surface area contributed by atoms with Crippen molar-refractivity contribution >= 4 is 0 Å². The molecule has 4 heteroatoms. The third kappa shape index (κ3) is 4.12. The standard InChI is InChI=1S/C23H24N2O2/c1-26-23-14-18(6-9-22(23)27-16-17-10-12-24-13-11-17)15-25-21-8-7-19-4-2-3-5-20(19)21/h2-6,9-14,21,25H,7-8,15-16H2,1H3. The molecule has 0 saturated heterocycles. The Morgan fingerprint density at radius 3 is 2.70 bits per heavy atom. The minimum atomic E-state index is 0.426. The summed E-state index contributed by atoms with van der Waals surface area (Å²) in [4.78, 5) is 4.03. The fourth-order valence-corrected chi connectivity index (χ4v) is 3.59. The van der Waals surface area contributed by atoms with Gasteiger partial charge in [-0.15, -0.1) is 0 Å². The van der Waals surface area contributed by atoms with Gasteiger partial charge >= 0.3 is 0 Å². The lowest BCUT2D eigenvalue weighted by atomic mass is 10.1. The van der Waals surface area contributed by atoms with Crippen LogP contribution in [0.25, 0.3) is 0 Å². The maximum absolute atomic E-state index is 5.92. The lowest BCUT2D eigenvalue weighted by Crippen LogP contribution is -2.18. The molecule has 0 amide bonds. The van der Waals surface area contributed by atoms with Crippen molar-refractivity contribution in [2.45, 2.75) is 32.0 Å². The predicted molar refractivity (Wildman–Crippen MR) is 106 cm³/mol. The molecule has 1 unspecified atom stereocenters. The van der Waals surface area contributed by atoms with Crippen LogP contribution in [-0.4, -0.2) is 12.1 Å². The first kappa shape index (κ1) is 17.6. The molecule has 4 nitrogen and oxygen atoms in total. The van der Waals surface area contributed by atoms with Crippen molar-refractivity contribution in [3.63, 3.8) is 0 Å². The third-order valence-electron chi connectivity index (χ3n) is 5.06. The lowest BCUT2D eigenvalue weighted by molar-refractivity contribution is 0.284. The Hall–Kier alpha value is -2.85. The van der Waals surface area contributed by atoms with Crippen LogP contribution in [0.3, 0.4) is 0 Å². The minimum absolute atomic E-state index is 0.426. The first-order chi connectivity index (χ1) is 13.3. The van der Waals surface area contributed by atoms with E-state index in [4.69, 9.17) is 9.47 Å². The maximum atomic E-state index is 5.92. The Balaban J connectivity index is 1.39. The number of aromatic nitrogens is 1. The van der Waals surface area contributed by atoms with Gasteiger partial charge in [-0.2, -0.15) is 0 Å². The van der Waals surface area contributed by atoms with E-state index in [-0.39, 0.29) is 0 Å². The van der Waals surface area contributed by atoms with E-state index in [9.17, 15) is 0 Å². The van der Waals surface area contributed by atoms with Crippen LogP contribution in [-0.2, 0) is 19.6 Å². The SMILES string of the molecule is COc1cc(CNC2CCc3ccccc32)ccc1OCc1ccncc1. The molecular weight excluding hydrogens is 336 g/mol. The van der Waals surface area contributed by atoms with Gasteiger partial charge in [0.1, 0.15) is 6.61 Å². The summed E-state index contributed by atoms with van der Waals surface area (Å²) in [7, 11) is 1.68. The zero-order valence-electron chi connectivity index (χ0n) is 15.5. The molecule has 1 aliphatic rings. The Morgan fingerprint density at radius 2 is 1.85 bits per heavy atom. The summed E-state index contributed by atoms with van der Waals surface area (Å²) in [6.07, 6.45) is 5.85. The summed E-state index contributed by atoms with van der Waals surface area (Å²) in [5.41, 5.74) is 5.17. The molecule has 138 valence electrons. The number of methoxy groups -OCH3 is 1. The van der Waals surface area contributed by atoms with E-state index in [2.05, 4.69) is 46.7 Å². The average molecular weight is 360 g/mol. The second-order valence-electron chi connectivity index (χ2n) is 6.80. The summed E-state index contributed by atoms with van der Waals surface area (Å²) in [5, 5.41) is 3.68. The molecule has 0 bridgehead atoms. The molecule has 1 N–H and O–H groups in total. The second-order valence-corrected chi connectivity index (χ2v) is 6.80. The van der Waals surface area contributed by atoms with E-state index in [0.717, 1.165) is 36.4 Å². The summed E-state index contributed by atoms with van der Waals surface area (Å²) in [6, 6.07) is 19.2. The van der Waals surface area contributed by atoms with Crippen molar-refractivity contribution in [2.75, 3.05) is 7.11 Å². The molecule has 1 aromatic heterocycles. The number of nitrogens with one attached hydrogen (secondary N) is 1. The number of hydrogen-bond acceptors (Lipinski definition) is 4. The second kappa shape index (κ2) is 8.23. The summed E-state index contributed by atoms with van der Waals surface area (Å²) >= 11 is 0. The van der Waals surface area contributed by atoms with Crippen molar-refractivity contribution in [2.24, 2.45) is 0 Å². The first-order valence-corrected chi connectivity index (χ1v) is 9.33. The van der Waals surface area contributed by atoms with Gasteiger partial charge in [-0.25, -0.2) is 0 Å². The average Bonchev–Trinajstić information content (AvgIpc) is 3.15. The highest BCUT2D eigenvalue weighted by Crippen LogP contribution is 2.32. The van der Waals surface area contributed by atoms with Crippen LogP contribution in [0.1, 0.15) is 34.7 Å². The molecule has 1 heterocycles. The van der Waals surface area contributed by atoms with Crippen LogP contribution in [0.15, 0.2) is 67.0 Å². The van der Waals surface area contributed by atoms with Crippen molar-refractivity contribution < 1.29 is 9.47 Å². The number of pyridine rings is 1. The number of rotatable bonds is 7. The van der Waals surface area contributed by atoms with E-state index in [1.54, 1.807) is 19.5 Å². The normalized spacial score (nSPS) is 15.4. The van der Waals surface area contributed by atoms with E-state index in [0.29, 0.717) is 12.6 Å². The molecule has 2 aromatic carbocycles. The zero-order valence-corrected chi connectivity index (χ0v) is 15.5. The highest BCUT2D eigenvalue weighted by atomic mass is 16.5. The van der Waals surface area contributed by atoms with Gasteiger partial charge < -0.3 is 14.8 Å². The van der Waals surface area contributed by atoms with Crippen molar-refractivity contribution in [1.29, 1.82) is 0 Å². The smallest absolute Gasteiger partial charge is 0.161 e. The molecule has 27 heavy (non-hydrogen) atoms. The fraction of sp³-hybridized carbons (Fsp3) is 0.261. The van der Waals surface area contributed by atoms with E-state index < -0.39 is 0 Å². The number of hydrogen-bond donors (Lipinski definition) is 1. The molecule has 0 spiro atoms. The molecule has 0 radical (unpaired) electrons. The van der Waals surface area contributed by atoms with Gasteiger partial charge in [0, 0.05) is 25.0 Å². The molecule has 4 rings (SSSR count). The van der Waals surface area contributed by atoms with Gasteiger partial charge in [0.2, 0.25) is 0 Å². The number of aryl methyl sites for hydroxylation is 1. The summed E-state index contributed by atoms with van der Waals surface area (Å²) in [5.74, 6) is 1.51. The van der Waals surface area contributed by atoms with Crippen molar-refractivity contribution in [1.82, 2.24) is 10.3 Å². The molecule has 0 fully saturated rings. The fourth-order valence-electron chi connectivity index (χ4n) is 3.59. The molecule has 0 saturated carbocycles. The first-order valence-electron chi connectivity index (χ1n) is 9.33. The van der Waals surface area contributed by atoms with Gasteiger partial charge in [0.05, 0.1) is 7.11 Å². The van der Waals surface area contributed by atoms with E-state index in [1.807, 2.05) is 18.2 Å². The van der Waals surface area contributed by atoms with Gasteiger partial charge in [0.25, 0.3) is 0 Å². The Kier molecular flexibility index (Phi) is 5.35. The predicted octanol–water partition coefficient (Wildman–Crippen LogP) is 4.45. The molecular formula is C23H24N2O2. The molecule has 1 atom stereocenters. The van der Waals surface area contributed by atoms with Crippen LogP contribution >= 0.6 is 0 Å². The molecule has 3 aromatic rings. The Morgan fingerprint density at radius 1 is 1.00 bits per heavy atom. The highest BCUT2D eigenvalue weighted by molar-refractivity contribution is 5.43. The Bertz CT molecular complexity index is 896. The summed E-state index contributed by atoms with van der Waals surface area (Å²) < 4.78 is 11.5. The number of ether oxygens (including phenoxy) is 2. The zero-order chi connectivity index (χ0) is 18.5. The van der Waals surface area contributed by atoms with Crippen molar-refractivity contribution in [3.05, 3.63) is 89.2 Å². The van der Waals surface area contributed by atoms with Gasteiger partial charge in [-0.3, -0.25) is 4.98 Å². The van der Waals surface area contributed by atoms with Crippen LogP contribution < -0.4 is 14.8 Å². The Labute approximate surface area is 160 Å². The van der Waals surface area contributed by atoms with E-state index >= 15 is 0 Å². The third-order valence-corrected chi connectivity index (χ3v) is 5.06. The van der Waals surface area contributed by atoms with Gasteiger partial charge in [0.15, 0.2) is 11.5 Å². The number of nitrogens with zero attached hydrogens (tertiary/aromatic N) is 1. The molecule has 0 aliphatic heterocycles. The van der Waals surface area contributed by atoms with Crippen LogP contribution in [0, 0.1) is 0 Å². The van der Waals surface area contributed by atoms with Gasteiger partial charge in [-0.05, 0) is 59.4 Å². The van der Waals surface area contributed by atoms with E-state index in [1.165, 1.54) is 16.7 Å². The number of fused-ring (bicyclic) bond motifs is 1. The topological polar surface area (TPSA) is 43.4 Å². The maximum Gasteiger partial charge on any atom is 0.161 e. The minimum Gasteiger partial charge on any atom is -0.493 e. The van der Waals surface area contributed by atoms with Crippen LogP contribution in [0.2, 0.25) is 0 Å². The van der Waals surface area contributed by atoms with Gasteiger partial charge in [-0.1, -0.05) is 30.3 Å². The van der Waals surface area contributed by atoms with Crippen LogP contribution in [0.5, 0.6) is 11.5 Å².